The lowest BCUT2D eigenvalue weighted by atomic mass is 10.1. The highest BCUT2D eigenvalue weighted by molar-refractivity contribution is 6.11. The van der Waals surface area contributed by atoms with Gasteiger partial charge >= 0.3 is 0 Å². The molecule has 0 aliphatic rings. The smallest absolute Gasteiger partial charge is 0.262 e. The van der Waals surface area contributed by atoms with Crippen molar-refractivity contribution in [2.75, 3.05) is 21.3 Å². The fourth-order valence-corrected chi connectivity index (χ4v) is 4.01. The molecule has 5 aromatic carbocycles. The summed E-state index contributed by atoms with van der Waals surface area (Å²) in [6.07, 6.45) is 0. The Balaban J connectivity index is 1.37. The van der Waals surface area contributed by atoms with Gasteiger partial charge in [-0.25, -0.2) is 0 Å². The lowest BCUT2D eigenvalue weighted by Crippen LogP contribution is -2.26. The molecule has 0 atom stereocenters. The number of para-hydroxylation sites is 2. The minimum absolute atomic E-state index is 0.166. The summed E-state index contributed by atoms with van der Waals surface area (Å²) in [7, 11) is 0. The molecule has 38 heavy (non-hydrogen) atoms. The highest BCUT2D eigenvalue weighted by Gasteiger charge is 2.20. The summed E-state index contributed by atoms with van der Waals surface area (Å²) >= 11 is 0. The van der Waals surface area contributed by atoms with Crippen molar-refractivity contribution in [3.63, 3.8) is 0 Å². The quantitative estimate of drug-likeness (QED) is 0.206. The number of carbonyl (C=O) groups is 2. The first kappa shape index (κ1) is 24.3. The summed E-state index contributed by atoms with van der Waals surface area (Å²) in [6, 6.07) is 40.6. The van der Waals surface area contributed by atoms with E-state index in [4.69, 9.17) is 5.73 Å². The topological polar surface area (TPSA) is 87.5 Å². The van der Waals surface area contributed by atoms with Crippen LogP contribution in [0.5, 0.6) is 0 Å². The van der Waals surface area contributed by atoms with Crippen LogP contribution in [0.2, 0.25) is 0 Å². The number of rotatable bonds is 7. The van der Waals surface area contributed by atoms with Gasteiger partial charge in [0.2, 0.25) is 0 Å². The zero-order chi connectivity index (χ0) is 26.3. The maximum absolute atomic E-state index is 13.7. The van der Waals surface area contributed by atoms with Gasteiger partial charge in [-0.15, -0.1) is 0 Å². The number of nitrogens with one attached hydrogen (secondary N) is 2. The van der Waals surface area contributed by atoms with E-state index in [0.29, 0.717) is 28.2 Å². The van der Waals surface area contributed by atoms with Gasteiger partial charge in [0.05, 0.1) is 0 Å². The Bertz CT molecular complexity index is 1520. The number of nitrogens with two attached hydrogens (primary N) is 1. The molecule has 0 heterocycles. The number of nitrogen functional groups attached to an aromatic ring is 1. The fraction of sp³-hybridized carbons (Fsp3) is 0. The van der Waals surface area contributed by atoms with Gasteiger partial charge in [-0.3, -0.25) is 14.5 Å². The van der Waals surface area contributed by atoms with Crippen LogP contribution in [0.1, 0.15) is 20.7 Å². The van der Waals surface area contributed by atoms with Gasteiger partial charge in [-0.05, 0) is 97.1 Å². The minimum atomic E-state index is -0.238. The summed E-state index contributed by atoms with van der Waals surface area (Å²) in [5.74, 6) is -0.404. The van der Waals surface area contributed by atoms with E-state index in [2.05, 4.69) is 10.6 Å². The molecule has 0 unspecified atom stereocenters. The van der Waals surface area contributed by atoms with Crippen LogP contribution < -0.4 is 21.3 Å². The summed E-state index contributed by atoms with van der Waals surface area (Å²) in [5, 5.41) is 6.21. The number of hydrogen-bond donors (Lipinski definition) is 3. The third kappa shape index (κ3) is 5.71. The predicted octanol–water partition coefficient (Wildman–Crippen LogP) is 7.24. The second kappa shape index (κ2) is 11.1. The van der Waals surface area contributed by atoms with Gasteiger partial charge in [0, 0.05) is 45.3 Å². The molecule has 6 nitrogen and oxygen atoms in total. The number of nitrogens with zero attached hydrogens (tertiary/aromatic N) is 1. The molecule has 5 rings (SSSR count). The Morgan fingerprint density at radius 3 is 1.66 bits per heavy atom. The van der Waals surface area contributed by atoms with Crippen molar-refractivity contribution >= 4 is 45.9 Å². The summed E-state index contributed by atoms with van der Waals surface area (Å²) in [4.78, 5) is 28.0. The highest BCUT2D eigenvalue weighted by atomic mass is 16.2. The van der Waals surface area contributed by atoms with Crippen LogP contribution >= 0.6 is 0 Å². The molecule has 6 heteroatoms. The van der Waals surface area contributed by atoms with Crippen LogP contribution in [0.15, 0.2) is 133 Å². The number of hydrogen-bond acceptors (Lipinski definition) is 4. The number of anilines is 6. The summed E-state index contributed by atoms with van der Waals surface area (Å²) in [5.41, 5.74) is 11.3. The minimum Gasteiger partial charge on any atom is -0.399 e. The first-order chi connectivity index (χ1) is 18.6. The molecule has 186 valence electrons. The molecule has 0 aliphatic carbocycles. The largest absolute Gasteiger partial charge is 0.399 e. The van der Waals surface area contributed by atoms with Crippen molar-refractivity contribution in [2.45, 2.75) is 0 Å². The van der Waals surface area contributed by atoms with Gasteiger partial charge in [-0.2, -0.15) is 0 Å². The van der Waals surface area contributed by atoms with E-state index < -0.39 is 0 Å². The lowest BCUT2D eigenvalue weighted by Gasteiger charge is -2.23. The zero-order valence-corrected chi connectivity index (χ0v) is 20.5. The van der Waals surface area contributed by atoms with Crippen molar-refractivity contribution in [2.24, 2.45) is 0 Å². The second-order valence-corrected chi connectivity index (χ2v) is 8.67. The molecule has 0 spiro atoms. The standard InChI is InChI=1S/C32H26N4O2/c33-25-15-11-23(12-16-25)31(37)35-28-19-21-30(22-20-28)36(29-9-5-2-6-10-29)32(38)24-13-17-27(18-14-24)34-26-7-3-1-4-8-26/h1-22,34H,33H2,(H,35,37). The molecule has 5 aromatic rings. The zero-order valence-electron chi connectivity index (χ0n) is 20.5. The van der Waals surface area contributed by atoms with Gasteiger partial charge in [0.15, 0.2) is 0 Å². The van der Waals surface area contributed by atoms with Crippen molar-refractivity contribution in [1.29, 1.82) is 0 Å². The maximum Gasteiger partial charge on any atom is 0.262 e. The molecule has 0 saturated carbocycles. The Kier molecular flexibility index (Phi) is 7.13. The SMILES string of the molecule is Nc1ccc(C(=O)Nc2ccc(N(C(=O)c3ccc(Nc4ccccc4)cc3)c3ccccc3)cc2)cc1. The summed E-state index contributed by atoms with van der Waals surface area (Å²) < 4.78 is 0. The van der Waals surface area contributed by atoms with Gasteiger partial charge in [0.1, 0.15) is 0 Å². The van der Waals surface area contributed by atoms with Gasteiger partial charge in [-0.1, -0.05) is 36.4 Å². The van der Waals surface area contributed by atoms with Crippen LogP contribution in [0.3, 0.4) is 0 Å². The van der Waals surface area contributed by atoms with Crippen LogP contribution in [0.4, 0.5) is 34.1 Å². The fourth-order valence-electron chi connectivity index (χ4n) is 4.01. The van der Waals surface area contributed by atoms with E-state index in [1.807, 2.05) is 97.1 Å². The number of carbonyl (C=O) groups excluding carboxylic acids is 2. The van der Waals surface area contributed by atoms with E-state index in [1.54, 1.807) is 41.3 Å². The van der Waals surface area contributed by atoms with E-state index in [0.717, 1.165) is 17.1 Å². The van der Waals surface area contributed by atoms with Crippen LogP contribution in [-0.2, 0) is 0 Å². The molecule has 4 N–H and O–H groups in total. The van der Waals surface area contributed by atoms with E-state index >= 15 is 0 Å². The number of benzene rings is 5. The Morgan fingerprint density at radius 1 is 0.526 bits per heavy atom. The lowest BCUT2D eigenvalue weighted by molar-refractivity contribution is 0.0996. The molecule has 0 aliphatic heterocycles. The monoisotopic (exact) mass is 498 g/mol. The molecule has 0 fully saturated rings. The normalized spacial score (nSPS) is 10.4. The molecule has 0 saturated heterocycles. The second-order valence-electron chi connectivity index (χ2n) is 8.67. The summed E-state index contributed by atoms with van der Waals surface area (Å²) in [6.45, 7) is 0. The van der Waals surface area contributed by atoms with E-state index in [1.165, 1.54) is 0 Å². The molecule has 0 radical (unpaired) electrons. The molecular weight excluding hydrogens is 472 g/mol. The molecular formula is C32H26N4O2. The first-order valence-electron chi connectivity index (χ1n) is 12.2. The third-order valence-corrected chi connectivity index (χ3v) is 5.97. The Morgan fingerprint density at radius 2 is 1.03 bits per heavy atom. The Labute approximate surface area is 221 Å². The first-order valence-corrected chi connectivity index (χ1v) is 12.2. The van der Waals surface area contributed by atoms with Crippen molar-refractivity contribution in [1.82, 2.24) is 0 Å². The van der Waals surface area contributed by atoms with Crippen LogP contribution in [0.25, 0.3) is 0 Å². The number of amides is 2. The van der Waals surface area contributed by atoms with Gasteiger partial charge < -0.3 is 16.4 Å². The van der Waals surface area contributed by atoms with Crippen LogP contribution in [0, 0.1) is 0 Å². The van der Waals surface area contributed by atoms with Gasteiger partial charge in [0.25, 0.3) is 11.8 Å². The third-order valence-electron chi connectivity index (χ3n) is 5.97. The molecule has 2 amide bonds. The Hall–Kier alpha value is -5.36. The predicted molar refractivity (Wildman–Crippen MR) is 154 cm³/mol. The average Bonchev–Trinajstić information content (AvgIpc) is 2.96. The van der Waals surface area contributed by atoms with Crippen LogP contribution in [-0.4, -0.2) is 11.8 Å². The maximum atomic E-state index is 13.7. The molecule has 0 bridgehead atoms. The van der Waals surface area contributed by atoms with Crippen molar-refractivity contribution in [3.05, 3.63) is 145 Å². The van der Waals surface area contributed by atoms with E-state index in [9.17, 15) is 9.59 Å². The van der Waals surface area contributed by atoms with Crippen molar-refractivity contribution < 1.29 is 9.59 Å². The van der Waals surface area contributed by atoms with E-state index in [-0.39, 0.29) is 11.8 Å². The molecule has 0 aromatic heterocycles. The average molecular weight is 499 g/mol. The highest BCUT2D eigenvalue weighted by Crippen LogP contribution is 2.29. The van der Waals surface area contributed by atoms with Crippen molar-refractivity contribution in [3.8, 4) is 0 Å².